The maximum atomic E-state index is 14.8. The van der Waals surface area contributed by atoms with Gasteiger partial charge in [-0.05, 0) is 38.5 Å². The predicted octanol–water partition coefficient (Wildman–Crippen LogP) is 4.98. The summed E-state index contributed by atoms with van der Waals surface area (Å²) in [5.74, 6) is 0.568. The van der Waals surface area contributed by atoms with E-state index in [0.717, 1.165) is 18.2 Å². The summed E-state index contributed by atoms with van der Waals surface area (Å²) < 4.78 is 52.3. The Labute approximate surface area is 189 Å². The summed E-state index contributed by atoms with van der Waals surface area (Å²) in [5.41, 5.74) is 6.50. The second kappa shape index (κ2) is 9.30. The number of ether oxygens (including phenoxy) is 2. The van der Waals surface area contributed by atoms with Crippen molar-refractivity contribution in [2.45, 2.75) is 38.8 Å². The van der Waals surface area contributed by atoms with Gasteiger partial charge in [-0.25, -0.2) is 23.1 Å². The first-order valence-corrected chi connectivity index (χ1v) is 10.6. The Morgan fingerprint density at radius 3 is 2.61 bits per heavy atom. The number of nitrogens with zero attached hydrogens (tertiary/aromatic N) is 2. The van der Waals surface area contributed by atoms with Crippen LogP contribution in [-0.4, -0.2) is 36.3 Å². The van der Waals surface area contributed by atoms with Gasteiger partial charge in [-0.2, -0.15) is 0 Å². The highest BCUT2D eigenvalue weighted by Crippen LogP contribution is 2.36. The van der Waals surface area contributed by atoms with Crippen LogP contribution in [0.1, 0.15) is 42.8 Å². The van der Waals surface area contributed by atoms with Crippen LogP contribution in [-0.2, 0) is 4.74 Å². The van der Waals surface area contributed by atoms with Gasteiger partial charge in [-0.3, -0.25) is 0 Å². The molecule has 0 radical (unpaired) electrons. The highest BCUT2D eigenvalue weighted by atomic mass is 19.3. The van der Waals surface area contributed by atoms with Gasteiger partial charge < -0.3 is 25.8 Å². The monoisotopic (exact) mass is 461 g/mol. The van der Waals surface area contributed by atoms with Crippen LogP contribution < -0.4 is 21.1 Å². The summed E-state index contributed by atoms with van der Waals surface area (Å²) in [5, 5.41) is 7.25. The lowest BCUT2D eigenvalue weighted by Gasteiger charge is -2.21. The lowest BCUT2D eigenvalue weighted by atomic mass is 10.0. The molecule has 7 nitrogen and oxygen atoms in total. The number of aromatic nitrogens is 2. The summed E-state index contributed by atoms with van der Waals surface area (Å²) in [6.07, 6.45) is -2.10. The second-order valence-electron chi connectivity index (χ2n) is 8.07. The van der Waals surface area contributed by atoms with Gasteiger partial charge in [0, 0.05) is 29.3 Å². The van der Waals surface area contributed by atoms with Crippen LogP contribution in [0.4, 0.5) is 30.4 Å². The number of anilines is 3. The van der Waals surface area contributed by atoms with Gasteiger partial charge in [0.1, 0.15) is 23.2 Å². The van der Waals surface area contributed by atoms with E-state index in [4.69, 9.17) is 15.2 Å². The van der Waals surface area contributed by atoms with Crippen molar-refractivity contribution < 1.29 is 22.6 Å². The third kappa shape index (κ3) is 4.75. The Bertz CT molecular complexity index is 1170. The third-order valence-electron chi connectivity index (χ3n) is 5.62. The lowest BCUT2D eigenvalue weighted by Crippen LogP contribution is -2.19. The molecule has 0 aliphatic carbocycles. The number of nitrogens with one attached hydrogen (secondary N) is 2. The zero-order chi connectivity index (χ0) is 23.7. The van der Waals surface area contributed by atoms with Crippen molar-refractivity contribution in [1.82, 2.24) is 9.97 Å². The van der Waals surface area contributed by atoms with Gasteiger partial charge in [-0.1, -0.05) is 0 Å². The molecule has 2 atom stereocenters. The van der Waals surface area contributed by atoms with Crippen LogP contribution in [0.3, 0.4) is 0 Å². The van der Waals surface area contributed by atoms with E-state index in [-0.39, 0.29) is 17.3 Å². The standard InChI is InChI=1S/C23H26F3N5O2/c1-11(15-6-13(27)7-17(21(15)24)22(25)26)28-23-16-8-19(31-14-4-5-33-10-14)20(32-3)9-18(16)29-12(2)30-23/h6-9,11,14,22,31H,4-5,10,27H2,1-3H3,(H,28,29,30)/t11-,14+/m1/s1. The molecular weight excluding hydrogens is 435 g/mol. The molecular formula is C23H26F3N5O2. The van der Waals surface area contributed by atoms with Crippen LogP contribution in [0.5, 0.6) is 5.75 Å². The molecule has 1 saturated heterocycles. The normalized spacial score (nSPS) is 16.9. The number of nitrogens with two attached hydrogens (primary N) is 1. The number of alkyl halides is 2. The SMILES string of the molecule is COc1cc2nc(C)nc(N[C@H](C)c3cc(N)cc(C(F)F)c3F)c2cc1N[C@H]1CCOC1. The van der Waals surface area contributed by atoms with Gasteiger partial charge in [0.2, 0.25) is 0 Å². The Kier molecular flexibility index (Phi) is 6.46. The minimum Gasteiger partial charge on any atom is -0.495 e. The first kappa shape index (κ1) is 22.9. The minimum atomic E-state index is -2.97. The molecule has 0 amide bonds. The number of halogens is 3. The van der Waals surface area contributed by atoms with E-state index in [2.05, 4.69) is 20.6 Å². The van der Waals surface area contributed by atoms with Crippen LogP contribution in [0.15, 0.2) is 24.3 Å². The molecule has 33 heavy (non-hydrogen) atoms. The Morgan fingerprint density at radius 1 is 1.18 bits per heavy atom. The summed E-state index contributed by atoms with van der Waals surface area (Å²) >= 11 is 0. The molecule has 3 aromatic rings. The number of benzene rings is 2. The number of methoxy groups -OCH3 is 1. The first-order valence-electron chi connectivity index (χ1n) is 10.6. The number of fused-ring (bicyclic) bond motifs is 1. The topological polar surface area (TPSA) is 94.3 Å². The molecule has 176 valence electrons. The van der Waals surface area contributed by atoms with Crippen molar-refractivity contribution >= 4 is 28.1 Å². The van der Waals surface area contributed by atoms with Crippen molar-refractivity contribution in [3.8, 4) is 5.75 Å². The van der Waals surface area contributed by atoms with Crippen LogP contribution in [0, 0.1) is 12.7 Å². The van der Waals surface area contributed by atoms with E-state index in [1.807, 2.05) is 6.07 Å². The molecule has 1 aliphatic heterocycles. The maximum Gasteiger partial charge on any atom is 0.266 e. The summed E-state index contributed by atoms with van der Waals surface area (Å²) in [7, 11) is 1.58. The van der Waals surface area contributed by atoms with Crippen molar-refractivity contribution in [2.75, 3.05) is 36.7 Å². The summed E-state index contributed by atoms with van der Waals surface area (Å²) in [6.45, 7) is 4.68. The molecule has 2 heterocycles. The fourth-order valence-electron chi connectivity index (χ4n) is 3.98. The molecule has 2 aromatic carbocycles. The molecule has 0 saturated carbocycles. The Morgan fingerprint density at radius 2 is 1.94 bits per heavy atom. The van der Waals surface area contributed by atoms with Crippen LogP contribution in [0.25, 0.3) is 10.9 Å². The number of rotatable bonds is 7. The third-order valence-corrected chi connectivity index (χ3v) is 5.62. The van der Waals surface area contributed by atoms with Crippen molar-refractivity contribution in [2.24, 2.45) is 0 Å². The smallest absolute Gasteiger partial charge is 0.266 e. The predicted molar refractivity (Wildman–Crippen MR) is 121 cm³/mol. The van der Waals surface area contributed by atoms with E-state index in [9.17, 15) is 13.2 Å². The maximum absolute atomic E-state index is 14.8. The van der Waals surface area contributed by atoms with Gasteiger partial charge in [0.05, 0.1) is 42.6 Å². The minimum absolute atomic E-state index is 0.0321. The molecule has 10 heteroatoms. The zero-order valence-electron chi connectivity index (χ0n) is 18.6. The molecule has 1 fully saturated rings. The molecule has 4 N–H and O–H groups in total. The van der Waals surface area contributed by atoms with E-state index in [0.29, 0.717) is 41.5 Å². The molecule has 0 spiro atoms. The molecule has 1 aromatic heterocycles. The number of aryl methyl sites for hydroxylation is 1. The quantitative estimate of drug-likeness (QED) is 0.427. The molecule has 0 unspecified atom stereocenters. The fourth-order valence-corrected chi connectivity index (χ4v) is 3.98. The Hall–Kier alpha value is -3.27. The van der Waals surface area contributed by atoms with E-state index in [1.165, 1.54) is 6.07 Å². The summed E-state index contributed by atoms with van der Waals surface area (Å²) in [6, 6.07) is 5.43. The number of hydrogen-bond acceptors (Lipinski definition) is 7. The van der Waals surface area contributed by atoms with Gasteiger partial charge in [-0.15, -0.1) is 0 Å². The lowest BCUT2D eigenvalue weighted by molar-refractivity contribution is 0.146. The number of nitrogen functional groups attached to an aromatic ring is 1. The Balaban J connectivity index is 1.74. The zero-order valence-corrected chi connectivity index (χ0v) is 18.6. The van der Waals surface area contributed by atoms with Gasteiger partial charge in [0.15, 0.2) is 0 Å². The van der Waals surface area contributed by atoms with Crippen molar-refractivity contribution in [1.29, 1.82) is 0 Å². The number of hydrogen-bond donors (Lipinski definition) is 3. The van der Waals surface area contributed by atoms with Crippen molar-refractivity contribution in [3.05, 3.63) is 47.0 Å². The first-order chi connectivity index (χ1) is 15.8. The van der Waals surface area contributed by atoms with Gasteiger partial charge in [0.25, 0.3) is 6.43 Å². The highest BCUT2D eigenvalue weighted by molar-refractivity contribution is 5.94. The largest absolute Gasteiger partial charge is 0.495 e. The second-order valence-corrected chi connectivity index (χ2v) is 8.07. The van der Waals surface area contributed by atoms with Crippen LogP contribution in [0.2, 0.25) is 0 Å². The average Bonchev–Trinajstić information content (AvgIpc) is 3.27. The van der Waals surface area contributed by atoms with Crippen molar-refractivity contribution in [3.63, 3.8) is 0 Å². The van der Waals surface area contributed by atoms with Crippen LogP contribution >= 0.6 is 0 Å². The molecule has 4 rings (SSSR count). The molecule has 1 aliphatic rings. The van der Waals surface area contributed by atoms with E-state index >= 15 is 0 Å². The fraction of sp³-hybridized carbons (Fsp3) is 0.391. The van der Waals surface area contributed by atoms with E-state index in [1.54, 1.807) is 27.0 Å². The van der Waals surface area contributed by atoms with E-state index < -0.39 is 23.8 Å². The summed E-state index contributed by atoms with van der Waals surface area (Å²) in [4.78, 5) is 8.98. The average molecular weight is 461 g/mol. The highest BCUT2D eigenvalue weighted by Gasteiger charge is 2.23. The van der Waals surface area contributed by atoms with Gasteiger partial charge >= 0.3 is 0 Å². The molecule has 0 bridgehead atoms.